The molecular formula is C14H17F3O3. The molecule has 0 radical (unpaired) electrons. The number of aliphatic hydroxyl groups is 1. The van der Waals surface area contributed by atoms with E-state index < -0.39 is 29.9 Å². The molecule has 112 valence electrons. The number of ether oxygens (including phenoxy) is 1. The first-order valence-electron chi connectivity index (χ1n) is 5.96. The molecule has 1 rings (SSSR count). The van der Waals surface area contributed by atoms with Gasteiger partial charge in [-0.1, -0.05) is 26.0 Å². The van der Waals surface area contributed by atoms with E-state index in [-0.39, 0.29) is 0 Å². The van der Waals surface area contributed by atoms with Crippen molar-refractivity contribution in [3.05, 3.63) is 29.8 Å². The van der Waals surface area contributed by atoms with Crippen LogP contribution in [0.1, 0.15) is 25.8 Å². The monoisotopic (exact) mass is 290 g/mol. The molecule has 1 atom stereocenters. The van der Waals surface area contributed by atoms with Gasteiger partial charge >= 0.3 is 6.18 Å². The van der Waals surface area contributed by atoms with E-state index in [9.17, 15) is 23.1 Å². The number of hydrogen-bond donors (Lipinski definition) is 1. The van der Waals surface area contributed by atoms with E-state index >= 15 is 0 Å². The summed E-state index contributed by atoms with van der Waals surface area (Å²) in [6, 6.07) is 6.45. The zero-order valence-corrected chi connectivity index (χ0v) is 11.5. The Kier molecular flexibility index (Phi) is 4.49. The van der Waals surface area contributed by atoms with Crippen molar-refractivity contribution in [1.82, 2.24) is 0 Å². The summed E-state index contributed by atoms with van der Waals surface area (Å²) in [5.41, 5.74) is -3.81. The number of halogens is 3. The Morgan fingerprint density at radius 3 is 2.05 bits per heavy atom. The predicted octanol–water partition coefficient (Wildman–Crippen LogP) is 2.86. The molecule has 1 aromatic carbocycles. The molecule has 0 spiro atoms. The van der Waals surface area contributed by atoms with Crippen LogP contribution in [0.5, 0.6) is 5.75 Å². The minimum absolute atomic E-state index is 0.446. The van der Waals surface area contributed by atoms with E-state index in [1.54, 1.807) is 24.3 Å². The van der Waals surface area contributed by atoms with Crippen LogP contribution in [0.2, 0.25) is 0 Å². The Labute approximate surface area is 115 Å². The molecule has 1 N–H and O–H groups in total. The highest BCUT2D eigenvalue weighted by molar-refractivity contribution is 5.64. The molecule has 1 aromatic rings. The lowest BCUT2D eigenvalue weighted by molar-refractivity contribution is -0.250. The van der Waals surface area contributed by atoms with Crippen molar-refractivity contribution in [2.45, 2.75) is 37.5 Å². The Morgan fingerprint density at radius 1 is 1.20 bits per heavy atom. The molecule has 1 unspecified atom stereocenters. The first kappa shape index (κ1) is 16.5. The summed E-state index contributed by atoms with van der Waals surface area (Å²) in [5, 5.41) is 9.54. The van der Waals surface area contributed by atoms with Gasteiger partial charge in [0.15, 0.2) is 6.29 Å². The Hall–Kier alpha value is -1.56. The van der Waals surface area contributed by atoms with Crippen molar-refractivity contribution in [2.24, 2.45) is 0 Å². The minimum atomic E-state index is -5.00. The molecular weight excluding hydrogens is 273 g/mol. The van der Waals surface area contributed by atoms with Gasteiger partial charge in [0.05, 0.1) is 7.11 Å². The second-order valence-corrected chi connectivity index (χ2v) is 5.33. The number of rotatable bonds is 5. The van der Waals surface area contributed by atoms with Crippen LogP contribution in [0.25, 0.3) is 0 Å². The fourth-order valence-electron chi connectivity index (χ4n) is 2.03. The van der Waals surface area contributed by atoms with Crippen LogP contribution in [-0.2, 0) is 10.2 Å². The quantitative estimate of drug-likeness (QED) is 0.848. The number of carbonyl (C=O) groups is 1. The first-order valence-corrected chi connectivity index (χ1v) is 5.96. The molecule has 0 saturated carbocycles. The Bertz CT molecular complexity index is 466. The van der Waals surface area contributed by atoms with E-state index in [4.69, 9.17) is 4.74 Å². The lowest BCUT2D eigenvalue weighted by atomic mass is 9.75. The number of alkyl halides is 3. The normalized spacial score (nSPS) is 15.6. The minimum Gasteiger partial charge on any atom is -0.497 e. The highest BCUT2D eigenvalue weighted by Gasteiger charge is 2.56. The summed E-state index contributed by atoms with van der Waals surface area (Å²) in [6.07, 6.45) is -6.20. The van der Waals surface area contributed by atoms with E-state index in [1.807, 2.05) is 0 Å². The summed E-state index contributed by atoms with van der Waals surface area (Å²) in [4.78, 5) is 10.7. The van der Waals surface area contributed by atoms with Crippen LogP contribution >= 0.6 is 0 Å². The molecule has 0 bridgehead atoms. The molecule has 0 amide bonds. The lowest BCUT2D eigenvalue weighted by Gasteiger charge is -2.34. The fraction of sp³-hybridized carbons (Fsp3) is 0.500. The van der Waals surface area contributed by atoms with Crippen molar-refractivity contribution >= 4 is 6.29 Å². The topological polar surface area (TPSA) is 46.5 Å². The van der Waals surface area contributed by atoms with Gasteiger partial charge in [0.2, 0.25) is 5.60 Å². The van der Waals surface area contributed by atoms with Crippen molar-refractivity contribution in [1.29, 1.82) is 0 Å². The molecule has 0 aliphatic heterocycles. The van der Waals surface area contributed by atoms with Gasteiger partial charge in [-0.3, -0.25) is 4.79 Å². The third kappa shape index (κ3) is 3.30. The van der Waals surface area contributed by atoms with Gasteiger partial charge in [0.25, 0.3) is 0 Å². The van der Waals surface area contributed by atoms with Crippen LogP contribution < -0.4 is 4.74 Å². The van der Waals surface area contributed by atoms with E-state index in [1.165, 1.54) is 21.0 Å². The smallest absolute Gasteiger partial charge is 0.424 e. The number of benzene rings is 1. The second-order valence-electron chi connectivity index (χ2n) is 5.33. The van der Waals surface area contributed by atoms with Crippen LogP contribution in [-0.4, -0.2) is 30.3 Å². The fourth-order valence-corrected chi connectivity index (χ4v) is 2.03. The molecule has 6 heteroatoms. The van der Waals surface area contributed by atoms with Gasteiger partial charge in [0.1, 0.15) is 5.75 Å². The van der Waals surface area contributed by atoms with Gasteiger partial charge in [-0.05, 0) is 23.1 Å². The van der Waals surface area contributed by atoms with E-state index in [2.05, 4.69) is 0 Å². The molecule has 0 fully saturated rings. The van der Waals surface area contributed by atoms with Gasteiger partial charge < -0.3 is 9.84 Å². The highest BCUT2D eigenvalue weighted by atomic mass is 19.4. The molecule has 0 aromatic heterocycles. The average Bonchev–Trinajstić information content (AvgIpc) is 2.37. The highest BCUT2D eigenvalue weighted by Crippen LogP contribution is 2.40. The van der Waals surface area contributed by atoms with Gasteiger partial charge in [0, 0.05) is 6.42 Å². The summed E-state index contributed by atoms with van der Waals surface area (Å²) in [7, 11) is 1.48. The number of aldehydes is 1. The van der Waals surface area contributed by atoms with Crippen molar-refractivity contribution < 1.29 is 27.8 Å². The molecule has 0 heterocycles. The summed E-state index contributed by atoms with van der Waals surface area (Å²) >= 11 is 0. The Morgan fingerprint density at radius 2 is 1.70 bits per heavy atom. The number of carbonyl (C=O) groups excluding carboxylic acids is 1. The molecule has 0 saturated heterocycles. The number of hydrogen-bond acceptors (Lipinski definition) is 3. The van der Waals surface area contributed by atoms with E-state index in [0.29, 0.717) is 11.3 Å². The van der Waals surface area contributed by atoms with Crippen LogP contribution in [0.3, 0.4) is 0 Å². The molecule has 0 aliphatic rings. The first-order chi connectivity index (χ1) is 9.05. The SMILES string of the molecule is COc1ccc(C(C)(C)CC(O)(C=O)C(F)(F)F)cc1. The standard InChI is InChI=1S/C14H17F3O3/c1-12(2,8-13(19,9-18)14(15,16)17)10-4-6-11(20-3)7-5-10/h4-7,9,19H,8H2,1-3H3. The van der Waals surface area contributed by atoms with Crippen LogP contribution in [0.15, 0.2) is 24.3 Å². The van der Waals surface area contributed by atoms with Crippen LogP contribution in [0, 0.1) is 0 Å². The van der Waals surface area contributed by atoms with Gasteiger partial charge in [-0.15, -0.1) is 0 Å². The molecule has 3 nitrogen and oxygen atoms in total. The van der Waals surface area contributed by atoms with Crippen LogP contribution in [0.4, 0.5) is 13.2 Å². The summed E-state index contributed by atoms with van der Waals surface area (Å²) in [5.74, 6) is 0.575. The zero-order valence-electron chi connectivity index (χ0n) is 11.5. The third-order valence-electron chi connectivity index (χ3n) is 3.27. The third-order valence-corrected chi connectivity index (χ3v) is 3.27. The molecule has 0 aliphatic carbocycles. The van der Waals surface area contributed by atoms with Crippen molar-refractivity contribution in [2.75, 3.05) is 7.11 Å². The maximum atomic E-state index is 12.8. The van der Waals surface area contributed by atoms with E-state index in [0.717, 1.165) is 0 Å². The maximum Gasteiger partial charge on any atom is 0.424 e. The maximum absolute atomic E-state index is 12.8. The predicted molar refractivity (Wildman–Crippen MR) is 67.7 cm³/mol. The average molecular weight is 290 g/mol. The van der Waals surface area contributed by atoms with Crippen molar-refractivity contribution in [3.8, 4) is 5.75 Å². The number of methoxy groups -OCH3 is 1. The second kappa shape index (κ2) is 5.44. The largest absolute Gasteiger partial charge is 0.497 e. The zero-order chi connectivity index (χ0) is 15.6. The molecule has 20 heavy (non-hydrogen) atoms. The van der Waals surface area contributed by atoms with Gasteiger partial charge in [-0.25, -0.2) is 0 Å². The summed E-state index contributed by atoms with van der Waals surface area (Å²) in [6.45, 7) is 3.07. The lowest BCUT2D eigenvalue weighted by Crippen LogP contribution is -2.50. The summed E-state index contributed by atoms with van der Waals surface area (Å²) < 4.78 is 43.3. The van der Waals surface area contributed by atoms with Gasteiger partial charge in [-0.2, -0.15) is 13.2 Å². The van der Waals surface area contributed by atoms with Crippen molar-refractivity contribution in [3.63, 3.8) is 0 Å². The Balaban J connectivity index is 3.06.